The lowest BCUT2D eigenvalue weighted by atomic mass is 10.3. The van der Waals surface area contributed by atoms with Crippen LogP contribution in [0.25, 0.3) is 11.0 Å². The van der Waals surface area contributed by atoms with E-state index in [1.807, 2.05) is 6.07 Å². The number of H-pyrrole nitrogens is 1. The predicted molar refractivity (Wildman–Crippen MR) is 65.5 cm³/mol. The van der Waals surface area contributed by atoms with Crippen LogP contribution in [0.1, 0.15) is 0 Å². The summed E-state index contributed by atoms with van der Waals surface area (Å²) in [4.78, 5) is 7.48. The molecule has 1 aromatic carbocycles. The van der Waals surface area contributed by atoms with Crippen molar-refractivity contribution in [2.75, 3.05) is 20.0 Å². The van der Waals surface area contributed by atoms with E-state index < -0.39 is 0 Å². The third-order valence-corrected chi connectivity index (χ3v) is 2.98. The van der Waals surface area contributed by atoms with Gasteiger partial charge in [-0.05, 0) is 0 Å². The van der Waals surface area contributed by atoms with Gasteiger partial charge in [0.1, 0.15) is 0 Å². The SMILES string of the molecule is COc1cc2nc(SCC#N)[nH]c2cc1OC. The minimum atomic E-state index is 0.369. The molecule has 0 spiro atoms. The van der Waals surface area contributed by atoms with Gasteiger partial charge in [0.05, 0.1) is 37.1 Å². The molecule has 88 valence electrons. The van der Waals surface area contributed by atoms with Gasteiger partial charge in [0.2, 0.25) is 0 Å². The van der Waals surface area contributed by atoms with Crippen LogP contribution in [-0.2, 0) is 0 Å². The van der Waals surface area contributed by atoms with Crippen molar-refractivity contribution >= 4 is 22.8 Å². The summed E-state index contributed by atoms with van der Waals surface area (Å²) in [5, 5.41) is 9.23. The number of thioether (sulfide) groups is 1. The third kappa shape index (κ3) is 2.29. The number of ether oxygens (including phenoxy) is 2. The largest absolute Gasteiger partial charge is 0.493 e. The van der Waals surface area contributed by atoms with Gasteiger partial charge in [-0.3, -0.25) is 0 Å². The molecular formula is C11H11N3O2S. The summed E-state index contributed by atoms with van der Waals surface area (Å²) in [5.41, 5.74) is 1.66. The molecule has 0 fully saturated rings. The number of fused-ring (bicyclic) bond motifs is 1. The van der Waals surface area contributed by atoms with E-state index in [4.69, 9.17) is 14.7 Å². The van der Waals surface area contributed by atoms with E-state index in [0.717, 1.165) is 16.2 Å². The Hall–Kier alpha value is -1.87. The number of imidazole rings is 1. The molecule has 5 nitrogen and oxygen atoms in total. The second kappa shape index (κ2) is 4.97. The van der Waals surface area contributed by atoms with Crippen LogP contribution >= 0.6 is 11.8 Å². The molecule has 0 aliphatic rings. The highest BCUT2D eigenvalue weighted by Crippen LogP contribution is 2.32. The molecule has 2 aromatic rings. The van der Waals surface area contributed by atoms with Gasteiger partial charge < -0.3 is 14.5 Å². The van der Waals surface area contributed by atoms with Crippen LogP contribution in [0.15, 0.2) is 17.3 Å². The Labute approximate surface area is 103 Å². The lowest BCUT2D eigenvalue weighted by molar-refractivity contribution is 0.356. The fourth-order valence-electron chi connectivity index (χ4n) is 1.48. The fraction of sp³-hybridized carbons (Fsp3) is 0.273. The van der Waals surface area contributed by atoms with Crippen molar-refractivity contribution in [2.45, 2.75) is 5.16 Å². The lowest BCUT2D eigenvalue weighted by Crippen LogP contribution is -1.89. The molecule has 17 heavy (non-hydrogen) atoms. The minimum Gasteiger partial charge on any atom is -0.493 e. The normalized spacial score (nSPS) is 10.2. The molecule has 0 amide bonds. The number of nitriles is 1. The average Bonchev–Trinajstić information content (AvgIpc) is 2.76. The highest BCUT2D eigenvalue weighted by molar-refractivity contribution is 7.99. The third-order valence-electron chi connectivity index (χ3n) is 2.24. The first kappa shape index (κ1) is 11.6. The van der Waals surface area contributed by atoms with E-state index in [2.05, 4.69) is 16.0 Å². The van der Waals surface area contributed by atoms with Gasteiger partial charge in [-0.1, -0.05) is 11.8 Å². The molecule has 0 aliphatic heterocycles. The number of aromatic nitrogens is 2. The summed E-state index contributed by atoms with van der Waals surface area (Å²) in [6.45, 7) is 0. The van der Waals surface area contributed by atoms with Crippen molar-refractivity contribution in [3.63, 3.8) is 0 Å². The van der Waals surface area contributed by atoms with E-state index in [0.29, 0.717) is 17.3 Å². The summed E-state index contributed by atoms with van der Waals surface area (Å²) in [6.07, 6.45) is 0. The average molecular weight is 249 g/mol. The van der Waals surface area contributed by atoms with Crippen molar-refractivity contribution in [3.05, 3.63) is 12.1 Å². The van der Waals surface area contributed by atoms with Crippen molar-refractivity contribution in [2.24, 2.45) is 0 Å². The first-order valence-electron chi connectivity index (χ1n) is 4.90. The maximum Gasteiger partial charge on any atom is 0.167 e. The van der Waals surface area contributed by atoms with Crippen LogP contribution in [0.4, 0.5) is 0 Å². The smallest absolute Gasteiger partial charge is 0.167 e. The summed E-state index contributed by atoms with van der Waals surface area (Å²) in [6, 6.07) is 5.70. The maximum absolute atomic E-state index is 8.51. The van der Waals surface area contributed by atoms with Crippen LogP contribution < -0.4 is 9.47 Å². The Morgan fingerprint density at radius 2 is 2.06 bits per heavy atom. The molecular weight excluding hydrogens is 238 g/mol. The number of nitrogens with zero attached hydrogens (tertiary/aromatic N) is 2. The van der Waals surface area contributed by atoms with Gasteiger partial charge in [0, 0.05) is 12.1 Å². The molecule has 1 N–H and O–H groups in total. The highest BCUT2D eigenvalue weighted by Gasteiger charge is 2.09. The van der Waals surface area contributed by atoms with Crippen LogP contribution in [-0.4, -0.2) is 29.9 Å². The first-order valence-corrected chi connectivity index (χ1v) is 5.88. The molecule has 6 heteroatoms. The van der Waals surface area contributed by atoms with Crippen LogP contribution in [0.5, 0.6) is 11.5 Å². The fourth-order valence-corrected chi connectivity index (χ4v) is 2.03. The second-order valence-corrected chi connectivity index (χ2v) is 4.18. The van der Waals surface area contributed by atoms with Crippen LogP contribution in [0.2, 0.25) is 0 Å². The van der Waals surface area contributed by atoms with E-state index >= 15 is 0 Å². The molecule has 0 saturated carbocycles. The monoisotopic (exact) mass is 249 g/mol. The Bertz CT molecular complexity index is 533. The van der Waals surface area contributed by atoms with Crippen molar-refractivity contribution in [1.82, 2.24) is 9.97 Å². The Kier molecular flexibility index (Phi) is 3.40. The molecule has 0 saturated heterocycles. The molecule has 1 heterocycles. The van der Waals surface area contributed by atoms with E-state index in [-0.39, 0.29) is 0 Å². The van der Waals surface area contributed by atoms with Gasteiger partial charge in [0.25, 0.3) is 0 Å². The van der Waals surface area contributed by atoms with E-state index in [1.165, 1.54) is 11.8 Å². The zero-order valence-corrected chi connectivity index (χ0v) is 10.3. The molecule has 0 atom stereocenters. The summed E-state index contributed by atoms with van der Waals surface area (Å²) in [5.74, 6) is 1.66. The number of methoxy groups -OCH3 is 2. The van der Waals surface area contributed by atoms with Gasteiger partial charge in [0.15, 0.2) is 16.7 Å². The summed E-state index contributed by atoms with van der Waals surface area (Å²) >= 11 is 1.36. The zero-order chi connectivity index (χ0) is 12.3. The van der Waals surface area contributed by atoms with Crippen molar-refractivity contribution < 1.29 is 9.47 Å². The Balaban J connectivity index is 2.43. The van der Waals surface area contributed by atoms with E-state index in [1.54, 1.807) is 20.3 Å². The summed E-state index contributed by atoms with van der Waals surface area (Å²) < 4.78 is 10.4. The van der Waals surface area contributed by atoms with Crippen molar-refractivity contribution in [1.29, 1.82) is 5.26 Å². The predicted octanol–water partition coefficient (Wildman–Crippen LogP) is 2.20. The molecule has 0 bridgehead atoms. The van der Waals surface area contributed by atoms with Crippen LogP contribution in [0.3, 0.4) is 0 Å². The quantitative estimate of drug-likeness (QED) is 0.841. The molecule has 2 rings (SSSR count). The molecule has 0 aliphatic carbocycles. The molecule has 0 unspecified atom stereocenters. The number of aromatic amines is 1. The topological polar surface area (TPSA) is 70.9 Å². The maximum atomic E-state index is 8.51. The van der Waals surface area contributed by atoms with E-state index in [9.17, 15) is 0 Å². The standard InChI is InChI=1S/C11H11N3O2S/c1-15-9-5-7-8(6-10(9)16-2)14-11(13-7)17-4-3-12/h5-6H,4H2,1-2H3,(H,13,14). The second-order valence-electron chi connectivity index (χ2n) is 3.21. The minimum absolute atomic E-state index is 0.369. The van der Waals surface area contributed by atoms with Gasteiger partial charge in [-0.15, -0.1) is 0 Å². The lowest BCUT2D eigenvalue weighted by Gasteiger charge is -2.06. The number of rotatable bonds is 4. The van der Waals surface area contributed by atoms with Gasteiger partial charge in [-0.2, -0.15) is 5.26 Å². The number of nitrogens with one attached hydrogen (secondary N) is 1. The number of hydrogen-bond donors (Lipinski definition) is 1. The summed E-state index contributed by atoms with van der Waals surface area (Å²) in [7, 11) is 3.17. The first-order chi connectivity index (χ1) is 8.28. The Morgan fingerprint density at radius 1 is 1.35 bits per heavy atom. The van der Waals surface area contributed by atoms with Gasteiger partial charge in [-0.25, -0.2) is 4.98 Å². The van der Waals surface area contributed by atoms with Gasteiger partial charge >= 0.3 is 0 Å². The number of benzene rings is 1. The van der Waals surface area contributed by atoms with Crippen molar-refractivity contribution in [3.8, 4) is 17.6 Å². The molecule has 0 radical (unpaired) electrons. The highest BCUT2D eigenvalue weighted by atomic mass is 32.2. The molecule has 1 aromatic heterocycles. The zero-order valence-electron chi connectivity index (χ0n) is 9.48. The Morgan fingerprint density at radius 3 is 2.71 bits per heavy atom. The number of hydrogen-bond acceptors (Lipinski definition) is 5. The van der Waals surface area contributed by atoms with Crippen LogP contribution in [0, 0.1) is 11.3 Å².